The first kappa shape index (κ1) is 11.2. The molecule has 4 nitrogen and oxygen atoms in total. The molecule has 0 amide bonds. The van der Waals surface area contributed by atoms with Crippen LogP contribution < -0.4 is 4.67 Å². The van der Waals surface area contributed by atoms with E-state index in [2.05, 4.69) is 0 Å². The van der Waals surface area contributed by atoms with Gasteiger partial charge in [0.25, 0.3) is 0 Å². The van der Waals surface area contributed by atoms with Crippen LogP contribution in [-0.2, 0) is 4.57 Å². The van der Waals surface area contributed by atoms with E-state index in [9.17, 15) is 4.57 Å². The molecule has 0 saturated heterocycles. The second-order valence-electron chi connectivity index (χ2n) is 3.29. The van der Waals surface area contributed by atoms with E-state index in [4.69, 9.17) is 9.79 Å². The van der Waals surface area contributed by atoms with E-state index in [0.29, 0.717) is 5.69 Å². The Kier molecular flexibility index (Phi) is 3.32. The van der Waals surface area contributed by atoms with Crippen molar-refractivity contribution >= 4 is 13.4 Å². The molecule has 2 N–H and O–H groups in total. The van der Waals surface area contributed by atoms with Crippen LogP contribution in [0.5, 0.6) is 0 Å². The molecule has 0 spiro atoms. The Morgan fingerprint density at radius 2 is 1.71 bits per heavy atom. The fraction of sp³-hybridized carbons (Fsp3) is 0.333. The summed E-state index contributed by atoms with van der Waals surface area (Å²) in [6, 6.07) is 8.43. The molecule has 0 aliphatic heterocycles. The molecule has 14 heavy (non-hydrogen) atoms. The summed E-state index contributed by atoms with van der Waals surface area (Å²) >= 11 is 0. The molecule has 0 fully saturated rings. The highest BCUT2D eigenvalue weighted by Crippen LogP contribution is 2.45. The van der Waals surface area contributed by atoms with Gasteiger partial charge in [-0.2, -0.15) is 0 Å². The molecule has 0 unspecified atom stereocenters. The minimum absolute atomic E-state index is 0.238. The number of anilines is 1. The number of nitrogens with zero attached hydrogens (tertiary/aromatic N) is 1. The second-order valence-corrected chi connectivity index (χ2v) is 4.74. The van der Waals surface area contributed by atoms with Gasteiger partial charge in [0.2, 0.25) is 0 Å². The molecule has 0 aliphatic rings. The van der Waals surface area contributed by atoms with Gasteiger partial charge in [-0.05, 0) is 26.0 Å². The van der Waals surface area contributed by atoms with Crippen molar-refractivity contribution in [3.05, 3.63) is 30.3 Å². The van der Waals surface area contributed by atoms with Gasteiger partial charge < -0.3 is 9.79 Å². The van der Waals surface area contributed by atoms with Crippen molar-refractivity contribution < 1.29 is 14.4 Å². The summed E-state index contributed by atoms with van der Waals surface area (Å²) in [6.07, 6.45) is 0. The molecule has 1 rings (SSSR count). The van der Waals surface area contributed by atoms with Gasteiger partial charge in [0.15, 0.2) is 0 Å². The molecule has 0 aromatic heterocycles. The van der Waals surface area contributed by atoms with Crippen LogP contribution in [-0.4, -0.2) is 15.8 Å². The average Bonchev–Trinajstić information content (AvgIpc) is 2.02. The first-order valence-electron chi connectivity index (χ1n) is 4.33. The minimum atomic E-state index is -4.22. The summed E-state index contributed by atoms with van der Waals surface area (Å²) in [5.74, 6) is 0. The van der Waals surface area contributed by atoms with E-state index in [0.717, 1.165) is 4.67 Å². The van der Waals surface area contributed by atoms with Crippen LogP contribution in [0.2, 0.25) is 0 Å². The number of hydrogen-bond acceptors (Lipinski definition) is 1. The Bertz CT molecular complexity index is 333. The summed E-state index contributed by atoms with van der Waals surface area (Å²) in [4.78, 5) is 18.3. The Balaban J connectivity index is 3.08. The zero-order valence-electron chi connectivity index (χ0n) is 8.16. The highest BCUT2D eigenvalue weighted by atomic mass is 31.2. The van der Waals surface area contributed by atoms with Gasteiger partial charge in [-0.1, -0.05) is 18.2 Å². The molecular weight excluding hydrogens is 201 g/mol. The van der Waals surface area contributed by atoms with Gasteiger partial charge in [-0.15, -0.1) is 0 Å². The molecule has 78 valence electrons. The summed E-state index contributed by atoms with van der Waals surface area (Å²) in [5, 5.41) is 0. The number of benzene rings is 1. The molecule has 0 heterocycles. The highest BCUT2D eigenvalue weighted by Gasteiger charge is 2.27. The molecule has 0 saturated carbocycles. The zero-order valence-corrected chi connectivity index (χ0v) is 9.06. The predicted octanol–water partition coefficient (Wildman–Crippen LogP) is 1.99. The number of para-hydroxylation sites is 1. The van der Waals surface area contributed by atoms with E-state index < -0.39 is 7.75 Å². The topological polar surface area (TPSA) is 60.8 Å². The molecule has 0 radical (unpaired) electrons. The van der Waals surface area contributed by atoms with Crippen LogP contribution in [0.3, 0.4) is 0 Å². The van der Waals surface area contributed by atoms with Crippen molar-refractivity contribution in [2.24, 2.45) is 0 Å². The van der Waals surface area contributed by atoms with Gasteiger partial charge >= 0.3 is 7.75 Å². The number of rotatable bonds is 3. The molecule has 1 aromatic rings. The van der Waals surface area contributed by atoms with Gasteiger partial charge in [0.05, 0.1) is 0 Å². The van der Waals surface area contributed by atoms with Gasteiger partial charge in [-0.25, -0.2) is 4.57 Å². The van der Waals surface area contributed by atoms with Crippen LogP contribution >= 0.6 is 7.75 Å². The molecule has 5 heteroatoms. The normalized spacial score (nSPS) is 11.8. The zero-order chi connectivity index (χ0) is 10.8. The van der Waals surface area contributed by atoms with Gasteiger partial charge in [0.1, 0.15) is 0 Å². The maximum atomic E-state index is 11.2. The smallest absolute Gasteiger partial charge is 0.308 e. The fourth-order valence-electron chi connectivity index (χ4n) is 1.33. The van der Waals surface area contributed by atoms with E-state index in [-0.39, 0.29) is 6.04 Å². The highest BCUT2D eigenvalue weighted by molar-refractivity contribution is 7.53. The van der Waals surface area contributed by atoms with Crippen molar-refractivity contribution in [1.82, 2.24) is 0 Å². The SMILES string of the molecule is CC(C)N(c1ccccc1)P(=O)(O)O. The third-order valence-corrected chi connectivity index (χ3v) is 3.04. The summed E-state index contributed by atoms with van der Waals surface area (Å²) in [7, 11) is -4.22. The van der Waals surface area contributed by atoms with Crippen LogP contribution in [0.15, 0.2) is 30.3 Å². The fourth-order valence-corrected chi connectivity index (χ4v) is 2.37. The average molecular weight is 215 g/mol. The van der Waals surface area contributed by atoms with Gasteiger partial charge in [0, 0.05) is 11.7 Å². The first-order valence-corrected chi connectivity index (χ1v) is 5.89. The lowest BCUT2D eigenvalue weighted by Gasteiger charge is -2.28. The largest absolute Gasteiger partial charge is 0.430 e. The molecule has 0 aliphatic carbocycles. The van der Waals surface area contributed by atoms with Crippen molar-refractivity contribution in [2.45, 2.75) is 19.9 Å². The minimum Gasteiger partial charge on any atom is -0.308 e. The third-order valence-electron chi connectivity index (χ3n) is 1.79. The molecule has 0 bridgehead atoms. The van der Waals surface area contributed by atoms with E-state index in [1.165, 1.54) is 0 Å². The Morgan fingerprint density at radius 1 is 1.21 bits per heavy atom. The summed E-state index contributed by atoms with van der Waals surface area (Å²) in [6.45, 7) is 3.48. The Morgan fingerprint density at radius 3 is 2.07 bits per heavy atom. The summed E-state index contributed by atoms with van der Waals surface area (Å²) in [5.41, 5.74) is 0.538. The maximum Gasteiger partial charge on any atom is 0.430 e. The predicted molar refractivity (Wildman–Crippen MR) is 56.1 cm³/mol. The lowest BCUT2D eigenvalue weighted by molar-refractivity contribution is 0.364. The Labute approximate surface area is 83.4 Å². The van der Waals surface area contributed by atoms with Gasteiger partial charge in [-0.3, -0.25) is 4.67 Å². The maximum absolute atomic E-state index is 11.2. The van der Waals surface area contributed by atoms with E-state index >= 15 is 0 Å². The standard InChI is InChI=1S/C9H14NO3P/c1-8(2)10(14(11,12)13)9-6-4-3-5-7-9/h3-8H,1-2H3,(H2,11,12,13). The van der Waals surface area contributed by atoms with Crippen LogP contribution in [0.25, 0.3) is 0 Å². The van der Waals surface area contributed by atoms with Crippen molar-refractivity contribution in [2.75, 3.05) is 4.67 Å². The Hall–Kier alpha value is -0.830. The quantitative estimate of drug-likeness (QED) is 0.757. The third kappa shape index (κ3) is 2.58. The lowest BCUT2D eigenvalue weighted by Crippen LogP contribution is -2.27. The second kappa shape index (κ2) is 4.13. The van der Waals surface area contributed by atoms with E-state index in [1.807, 2.05) is 6.07 Å². The van der Waals surface area contributed by atoms with E-state index in [1.54, 1.807) is 38.1 Å². The molecule has 1 aromatic carbocycles. The monoisotopic (exact) mass is 215 g/mol. The molecule has 0 atom stereocenters. The van der Waals surface area contributed by atoms with Crippen molar-refractivity contribution in [3.8, 4) is 0 Å². The number of hydrogen-bond donors (Lipinski definition) is 2. The lowest BCUT2D eigenvalue weighted by atomic mass is 10.3. The van der Waals surface area contributed by atoms with Crippen LogP contribution in [0, 0.1) is 0 Å². The summed E-state index contributed by atoms with van der Waals surface area (Å²) < 4.78 is 12.3. The van der Waals surface area contributed by atoms with Crippen LogP contribution in [0.1, 0.15) is 13.8 Å². The van der Waals surface area contributed by atoms with Crippen LogP contribution in [0.4, 0.5) is 5.69 Å². The molecular formula is C9H14NO3P. The van der Waals surface area contributed by atoms with Crippen molar-refractivity contribution in [1.29, 1.82) is 0 Å². The van der Waals surface area contributed by atoms with Crippen molar-refractivity contribution in [3.63, 3.8) is 0 Å². The first-order chi connectivity index (χ1) is 6.43.